The zero-order valence-corrected chi connectivity index (χ0v) is 17.2. The number of carbonyl (C=O) groups excluding carboxylic acids is 1. The average molecular weight is 401 g/mol. The number of Topliss-reactive ketones (excluding diaryl/α,β-unsaturated/α-hetero) is 1. The van der Waals surface area contributed by atoms with E-state index in [1.807, 2.05) is 19.2 Å². The Balaban J connectivity index is 1.89. The summed E-state index contributed by atoms with van der Waals surface area (Å²) in [4.78, 5) is 17.7. The van der Waals surface area contributed by atoms with Crippen LogP contribution in [0.25, 0.3) is 0 Å². The van der Waals surface area contributed by atoms with Crippen LogP contribution in [-0.2, 0) is 4.79 Å². The van der Waals surface area contributed by atoms with E-state index in [9.17, 15) is 9.90 Å². The van der Waals surface area contributed by atoms with E-state index in [-0.39, 0.29) is 28.9 Å². The van der Waals surface area contributed by atoms with Crippen LogP contribution in [0.15, 0.2) is 35.1 Å². The molecule has 0 spiro atoms. The molecule has 1 aromatic carbocycles. The van der Waals surface area contributed by atoms with Crippen LogP contribution in [0.5, 0.6) is 11.5 Å². The minimum absolute atomic E-state index is 0.0787. The lowest BCUT2D eigenvalue weighted by molar-refractivity contribution is -0.125. The van der Waals surface area contributed by atoms with Crippen molar-refractivity contribution in [3.8, 4) is 11.5 Å². The van der Waals surface area contributed by atoms with Crippen LogP contribution >= 0.6 is 11.8 Å². The minimum Gasteiger partial charge on any atom is -0.504 e. The Morgan fingerprint density at radius 2 is 2.21 bits per heavy atom. The standard InChI is InChI=1S/C20H24N4O3S/c1-5-27-15-8-11(6-7-13(15)25)17-16-12(9-20(2,3)10-14(16)26)21-18-22-19(28-4)23-24(17)18/h6-9,16-17,25H,5,10H2,1-4H3,(H,21,22,23)/t16-,17-/m1/s1. The summed E-state index contributed by atoms with van der Waals surface area (Å²) in [5.74, 6) is 0.886. The molecule has 0 unspecified atom stereocenters. The number of ether oxygens (including phenoxy) is 1. The molecular formula is C20H24N4O3S. The lowest BCUT2D eigenvalue weighted by Gasteiger charge is -2.40. The maximum Gasteiger partial charge on any atom is 0.227 e. The van der Waals surface area contributed by atoms with E-state index >= 15 is 0 Å². The van der Waals surface area contributed by atoms with Gasteiger partial charge in [-0.25, -0.2) is 4.68 Å². The van der Waals surface area contributed by atoms with E-state index < -0.39 is 0 Å². The second kappa shape index (κ2) is 6.84. The van der Waals surface area contributed by atoms with Crippen LogP contribution in [0, 0.1) is 11.3 Å². The molecule has 1 aromatic heterocycles. The highest BCUT2D eigenvalue weighted by molar-refractivity contribution is 7.98. The molecule has 7 nitrogen and oxygen atoms in total. The van der Waals surface area contributed by atoms with Crippen LogP contribution in [0.4, 0.5) is 5.95 Å². The molecule has 28 heavy (non-hydrogen) atoms. The van der Waals surface area contributed by atoms with E-state index in [0.717, 1.165) is 11.3 Å². The zero-order valence-electron chi connectivity index (χ0n) is 16.4. The largest absolute Gasteiger partial charge is 0.504 e. The van der Waals surface area contributed by atoms with Gasteiger partial charge >= 0.3 is 0 Å². The fourth-order valence-corrected chi connectivity index (χ4v) is 4.36. The van der Waals surface area contributed by atoms with Gasteiger partial charge in [0.15, 0.2) is 11.5 Å². The van der Waals surface area contributed by atoms with Crippen molar-refractivity contribution in [2.24, 2.45) is 11.3 Å². The van der Waals surface area contributed by atoms with Crippen LogP contribution < -0.4 is 10.1 Å². The third-order valence-corrected chi connectivity index (χ3v) is 5.65. The smallest absolute Gasteiger partial charge is 0.227 e. The number of aromatic nitrogens is 3. The molecule has 2 heterocycles. The van der Waals surface area contributed by atoms with Crippen molar-refractivity contribution in [2.75, 3.05) is 18.2 Å². The molecule has 0 saturated carbocycles. The van der Waals surface area contributed by atoms with Crippen molar-refractivity contribution in [3.05, 3.63) is 35.5 Å². The summed E-state index contributed by atoms with van der Waals surface area (Å²) in [6.07, 6.45) is 4.52. The van der Waals surface area contributed by atoms with Crippen LogP contribution in [0.3, 0.4) is 0 Å². The molecule has 148 valence electrons. The molecule has 4 rings (SSSR count). The van der Waals surface area contributed by atoms with Crippen molar-refractivity contribution >= 4 is 23.5 Å². The van der Waals surface area contributed by atoms with Crippen LogP contribution in [0.2, 0.25) is 0 Å². The normalized spacial score (nSPS) is 22.7. The molecular weight excluding hydrogens is 376 g/mol. The first-order valence-corrected chi connectivity index (χ1v) is 10.5. The van der Waals surface area contributed by atoms with Gasteiger partial charge in [-0.05, 0) is 36.3 Å². The van der Waals surface area contributed by atoms with Gasteiger partial charge in [-0.2, -0.15) is 4.98 Å². The molecule has 2 aromatic rings. The van der Waals surface area contributed by atoms with Gasteiger partial charge in [-0.3, -0.25) is 4.79 Å². The highest BCUT2D eigenvalue weighted by Gasteiger charge is 2.45. The second-order valence-electron chi connectivity index (χ2n) is 7.81. The van der Waals surface area contributed by atoms with Crippen molar-refractivity contribution in [2.45, 2.75) is 38.4 Å². The predicted octanol–water partition coefficient (Wildman–Crippen LogP) is 3.62. The van der Waals surface area contributed by atoms with E-state index in [2.05, 4.69) is 35.3 Å². The SMILES string of the molecule is CCOc1cc([C@@H]2[C@H]3C(=O)CC(C)(C)C=C3Nc3nc(SC)nn32)ccc1O. The Morgan fingerprint density at radius 1 is 1.43 bits per heavy atom. The summed E-state index contributed by atoms with van der Waals surface area (Å²) in [6.45, 7) is 6.43. The van der Waals surface area contributed by atoms with Gasteiger partial charge in [-0.15, -0.1) is 5.10 Å². The fraction of sp³-hybridized carbons (Fsp3) is 0.450. The van der Waals surface area contributed by atoms with E-state index in [4.69, 9.17) is 4.74 Å². The third kappa shape index (κ3) is 3.15. The molecule has 2 atom stereocenters. The third-order valence-electron chi connectivity index (χ3n) is 5.11. The lowest BCUT2D eigenvalue weighted by atomic mass is 9.72. The highest BCUT2D eigenvalue weighted by atomic mass is 32.2. The number of nitrogens with zero attached hydrogens (tertiary/aromatic N) is 3. The van der Waals surface area contributed by atoms with Gasteiger partial charge in [0.1, 0.15) is 5.78 Å². The summed E-state index contributed by atoms with van der Waals surface area (Å²) in [7, 11) is 0. The van der Waals surface area contributed by atoms with Gasteiger partial charge in [0, 0.05) is 12.1 Å². The molecule has 0 saturated heterocycles. The number of anilines is 1. The number of thioether (sulfide) groups is 1. The van der Waals surface area contributed by atoms with E-state index in [1.54, 1.807) is 16.8 Å². The maximum atomic E-state index is 13.2. The first-order chi connectivity index (χ1) is 13.3. The van der Waals surface area contributed by atoms with Gasteiger partial charge in [-0.1, -0.05) is 37.8 Å². The molecule has 0 fully saturated rings. The summed E-state index contributed by atoms with van der Waals surface area (Å²) in [5, 5.41) is 18.7. The number of benzene rings is 1. The molecule has 0 amide bonds. The highest BCUT2D eigenvalue weighted by Crippen LogP contribution is 2.46. The average Bonchev–Trinajstić information content (AvgIpc) is 3.04. The minimum atomic E-state index is -0.379. The number of aromatic hydroxyl groups is 1. The van der Waals surface area contributed by atoms with E-state index in [1.165, 1.54) is 11.8 Å². The number of phenols is 1. The zero-order chi connectivity index (χ0) is 20.1. The van der Waals surface area contributed by atoms with E-state index in [0.29, 0.717) is 29.9 Å². The first-order valence-electron chi connectivity index (χ1n) is 9.31. The topological polar surface area (TPSA) is 89.3 Å². The number of rotatable bonds is 4. The van der Waals surface area contributed by atoms with Gasteiger partial charge in [0.25, 0.3) is 0 Å². The number of phenolic OH excluding ortho intramolecular Hbond substituents is 1. The molecule has 2 aliphatic rings. The Hall–Kier alpha value is -2.48. The van der Waals surface area contributed by atoms with Gasteiger partial charge in [0.05, 0.1) is 18.6 Å². The molecule has 1 aliphatic carbocycles. The van der Waals surface area contributed by atoms with Crippen LogP contribution in [-0.4, -0.2) is 38.5 Å². The summed E-state index contributed by atoms with van der Waals surface area (Å²) in [6, 6.07) is 4.88. The maximum absolute atomic E-state index is 13.2. The summed E-state index contributed by atoms with van der Waals surface area (Å²) >= 11 is 1.46. The van der Waals surface area contributed by atoms with Crippen molar-refractivity contribution in [1.29, 1.82) is 0 Å². The lowest BCUT2D eigenvalue weighted by Crippen LogP contribution is -2.42. The molecule has 1 aliphatic heterocycles. The Labute approximate surface area is 168 Å². The number of ketones is 1. The van der Waals surface area contributed by atoms with Crippen molar-refractivity contribution in [3.63, 3.8) is 0 Å². The Bertz CT molecular complexity index is 966. The molecule has 0 bridgehead atoms. The predicted molar refractivity (Wildman–Crippen MR) is 108 cm³/mol. The number of hydrogen-bond acceptors (Lipinski definition) is 7. The number of allylic oxidation sites excluding steroid dienone is 2. The Kier molecular flexibility index (Phi) is 4.61. The fourth-order valence-electron chi connectivity index (χ4n) is 4.01. The van der Waals surface area contributed by atoms with Gasteiger partial charge in [0.2, 0.25) is 11.1 Å². The molecule has 0 radical (unpaired) electrons. The number of nitrogens with one attached hydrogen (secondary N) is 1. The monoisotopic (exact) mass is 400 g/mol. The van der Waals surface area contributed by atoms with Crippen molar-refractivity contribution in [1.82, 2.24) is 14.8 Å². The number of carbonyl (C=O) groups is 1. The van der Waals surface area contributed by atoms with Crippen molar-refractivity contribution < 1.29 is 14.6 Å². The first kappa shape index (κ1) is 18.9. The quantitative estimate of drug-likeness (QED) is 0.758. The molecule has 2 N–H and O–H groups in total. The second-order valence-corrected chi connectivity index (χ2v) is 8.58. The summed E-state index contributed by atoms with van der Waals surface area (Å²) < 4.78 is 7.35. The molecule has 8 heteroatoms. The van der Waals surface area contributed by atoms with Crippen LogP contribution in [0.1, 0.15) is 38.8 Å². The number of fused-ring (bicyclic) bond motifs is 2. The Morgan fingerprint density at radius 3 is 2.93 bits per heavy atom. The van der Waals surface area contributed by atoms with Gasteiger partial charge < -0.3 is 15.2 Å². The number of hydrogen-bond donors (Lipinski definition) is 2. The summed E-state index contributed by atoms with van der Waals surface area (Å²) in [5.41, 5.74) is 1.51.